The fourth-order valence-corrected chi connectivity index (χ4v) is 3.18. The molecule has 1 amide bonds. The van der Waals surface area contributed by atoms with Gasteiger partial charge in [-0.05, 0) is 42.2 Å². The van der Waals surface area contributed by atoms with Crippen molar-refractivity contribution in [1.82, 2.24) is 5.32 Å². The van der Waals surface area contributed by atoms with Crippen LogP contribution in [0.3, 0.4) is 0 Å². The van der Waals surface area contributed by atoms with E-state index in [0.717, 1.165) is 22.8 Å². The molecule has 0 radical (unpaired) electrons. The van der Waals surface area contributed by atoms with E-state index in [1.165, 1.54) is 11.1 Å². The molecule has 4 heteroatoms. The van der Waals surface area contributed by atoms with Crippen LogP contribution in [-0.4, -0.2) is 11.7 Å². The lowest BCUT2D eigenvalue weighted by molar-refractivity contribution is -0.119. The molecular weight excluding hydrogens is 326 g/mol. The minimum atomic E-state index is 0.0320. The van der Waals surface area contributed by atoms with Crippen LogP contribution in [0.25, 0.3) is 0 Å². The maximum atomic E-state index is 12.0. The van der Waals surface area contributed by atoms with Gasteiger partial charge in [-0.25, -0.2) is 0 Å². The molecule has 0 heterocycles. The number of benzene rings is 2. The van der Waals surface area contributed by atoms with Crippen molar-refractivity contribution in [3.8, 4) is 0 Å². The smallest absolute Gasteiger partial charge is 0.230 e. The second-order valence-corrected chi connectivity index (χ2v) is 6.93. The first-order chi connectivity index (χ1) is 11.1. The van der Waals surface area contributed by atoms with Gasteiger partial charge in [-0.3, -0.25) is 4.79 Å². The van der Waals surface area contributed by atoms with Gasteiger partial charge >= 0.3 is 0 Å². The van der Waals surface area contributed by atoms with Crippen LogP contribution >= 0.6 is 23.4 Å². The first kappa shape index (κ1) is 17.9. The summed E-state index contributed by atoms with van der Waals surface area (Å²) in [5, 5.41) is 3.78. The number of amides is 1. The highest BCUT2D eigenvalue weighted by atomic mass is 35.5. The minimum absolute atomic E-state index is 0.0320. The number of thioether (sulfide) groups is 1. The number of halogens is 1. The van der Waals surface area contributed by atoms with Crippen molar-refractivity contribution >= 4 is 29.3 Å². The molecular formula is C19H22ClNOS. The predicted molar refractivity (Wildman–Crippen MR) is 100.0 cm³/mol. The van der Waals surface area contributed by atoms with Crippen molar-refractivity contribution in [3.05, 3.63) is 70.2 Å². The first-order valence-corrected chi connectivity index (χ1v) is 9.32. The van der Waals surface area contributed by atoms with E-state index in [1.54, 1.807) is 11.8 Å². The van der Waals surface area contributed by atoms with Crippen LogP contribution in [0.2, 0.25) is 5.02 Å². The van der Waals surface area contributed by atoms with Crippen molar-refractivity contribution < 1.29 is 4.79 Å². The SMILES string of the molecule is CCc1ccc([C@H](C)NC(=O)CSCc2ccc(Cl)cc2)cc1. The zero-order valence-electron chi connectivity index (χ0n) is 13.5. The van der Waals surface area contributed by atoms with Gasteiger partial charge in [-0.15, -0.1) is 11.8 Å². The largest absolute Gasteiger partial charge is 0.349 e. The molecule has 0 aliphatic carbocycles. The topological polar surface area (TPSA) is 29.1 Å². The molecule has 2 aromatic rings. The minimum Gasteiger partial charge on any atom is -0.349 e. The number of nitrogens with one attached hydrogen (secondary N) is 1. The van der Waals surface area contributed by atoms with Gasteiger partial charge in [0.15, 0.2) is 0 Å². The number of hydrogen-bond acceptors (Lipinski definition) is 2. The number of rotatable bonds is 7. The van der Waals surface area contributed by atoms with Crippen LogP contribution in [-0.2, 0) is 17.0 Å². The van der Waals surface area contributed by atoms with Crippen molar-refractivity contribution in [2.24, 2.45) is 0 Å². The highest BCUT2D eigenvalue weighted by Crippen LogP contribution is 2.17. The van der Waals surface area contributed by atoms with E-state index in [2.05, 4.69) is 36.5 Å². The monoisotopic (exact) mass is 347 g/mol. The Morgan fingerprint density at radius 1 is 1.09 bits per heavy atom. The average Bonchev–Trinajstić information content (AvgIpc) is 2.56. The van der Waals surface area contributed by atoms with Crippen molar-refractivity contribution in [3.63, 3.8) is 0 Å². The third-order valence-electron chi connectivity index (χ3n) is 3.68. The summed E-state index contributed by atoms with van der Waals surface area (Å²) in [5.41, 5.74) is 3.62. The van der Waals surface area contributed by atoms with Crippen LogP contribution in [0.5, 0.6) is 0 Å². The van der Waals surface area contributed by atoms with E-state index in [-0.39, 0.29) is 11.9 Å². The molecule has 0 aliphatic rings. The van der Waals surface area contributed by atoms with E-state index in [9.17, 15) is 4.79 Å². The summed E-state index contributed by atoms with van der Waals surface area (Å²) in [6.07, 6.45) is 1.03. The van der Waals surface area contributed by atoms with Gasteiger partial charge < -0.3 is 5.32 Å². The normalized spacial score (nSPS) is 12.0. The zero-order valence-corrected chi connectivity index (χ0v) is 15.1. The summed E-state index contributed by atoms with van der Waals surface area (Å²) < 4.78 is 0. The van der Waals surface area contributed by atoms with Crippen LogP contribution in [0.4, 0.5) is 0 Å². The lowest BCUT2D eigenvalue weighted by Crippen LogP contribution is -2.28. The Balaban J connectivity index is 1.76. The molecule has 0 saturated carbocycles. The number of hydrogen-bond donors (Lipinski definition) is 1. The molecule has 2 aromatic carbocycles. The molecule has 0 bridgehead atoms. The van der Waals surface area contributed by atoms with Gasteiger partial charge in [0.1, 0.15) is 0 Å². The second-order valence-electron chi connectivity index (χ2n) is 5.50. The van der Waals surface area contributed by atoms with Gasteiger partial charge in [-0.2, -0.15) is 0 Å². The Bertz CT molecular complexity index is 625. The van der Waals surface area contributed by atoms with E-state index in [0.29, 0.717) is 5.75 Å². The highest BCUT2D eigenvalue weighted by Gasteiger charge is 2.09. The van der Waals surface area contributed by atoms with E-state index in [4.69, 9.17) is 11.6 Å². The molecule has 2 rings (SSSR count). The summed E-state index contributed by atoms with van der Waals surface area (Å²) in [6, 6.07) is 16.2. The quantitative estimate of drug-likeness (QED) is 0.762. The summed E-state index contributed by atoms with van der Waals surface area (Å²) >= 11 is 7.47. The Morgan fingerprint density at radius 2 is 1.70 bits per heavy atom. The van der Waals surface area contributed by atoms with Crippen molar-refractivity contribution in [2.45, 2.75) is 32.1 Å². The van der Waals surface area contributed by atoms with Crippen molar-refractivity contribution in [1.29, 1.82) is 0 Å². The summed E-state index contributed by atoms with van der Waals surface area (Å²) in [5.74, 6) is 1.33. The van der Waals surface area contributed by atoms with Crippen LogP contribution in [0.1, 0.15) is 36.6 Å². The number of aryl methyl sites for hydroxylation is 1. The molecule has 0 aliphatic heterocycles. The standard InChI is InChI=1S/C19H22ClNOS/c1-3-15-4-8-17(9-5-15)14(2)21-19(22)13-23-12-16-6-10-18(20)11-7-16/h4-11,14H,3,12-13H2,1-2H3,(H,21,22)/t14-/m0/s1. The maximum absolute atomic E-state index is 12.0. The van der Waals surface area contributed by atoms with Crippen LogP contribution in [0, 0.1) is 0 Å². The summed E-state index contributed by atoms with van der Waals surface area (Å²) in [6.45, 7) is 4.15. The number of carbonyl (C=O) groups excluding carboxylic acids is 1. The molecule has 122 valence electrons. The highest BCUT2D eigenvalue weighted by molar-refractivity contribution is 7.99. The van der Waals surface area contributed by atoms with Gasteiger partial charge in [0, 0.05) is 10.8 Å². The molecule has 0 spiro atoms. The first-order valence-electron chi connectivity index (χ1n) is 7.79. The third kappa shape index (κ3) is 5.92. The van der Waals surface area contributed by atoms with Gasteiger partial charge in [0.25, 0.3) is 0 Å². The molecule has 0 unspecified atom stereocenters. The molecule has 1 atom stereocenters. The molecule has 2 nitrogen and oxygen atoms in total. The molecule has 0 saturated heterocycles. The Labute approximate surface area is 147 Å². The Kier molecular flexibility index (Phi) is 7.00. The second kappa shape index (κ2) is 8.99. The van der Waals surface area contributed by atoms with Crippen LogP contribution in [0.15, 0.2) is 48.5 Å². The lowest BCUT2D eigenvalue weighted by atomic mass is 10.1. The third-order valence-corrected chi connectivity index (χ3v) is 4.94. The maximum Gasteiger partial charge on any atom is 0.230 e. The Hall–Kier alpha value is -1.45. The molecule has 1 N–H and O–H groups in total. The number of carbonyl (C=O) groups is 1. The molecule has 0 aromatic heterocycles. The van der Waals surface area contributed by atoms with Gasteiger partial charge in [0.2, 0.25) is 5.91 Å². The fourth-order valence-electron chi connectivity index (χ4n) is 2.25. The summed E-state index contributed by atoms with van der Waals surface area (Å²) in [7, 11) is 0. The van der Waals surface area contributed by atoms with Crippen molar-refractivity contribution in [2.75, 3.05) is 5.75 Å². The zero-order chi connectivity index (χ0) is 16.7. The van der Waals surface area contributed by atoms with Gasteiger partial charge in [0.05, 0.1) is 11.8 Å². The predicted octanol–water partition coefficient (Wildman–Crippen LogP) is 5.01. The fraction of sp³-hybridized carbons (Fsp3) is 0.316. The van der Waals surface area contributed by atoms with E-state index in [1.807, 2.05) is 31.2 Å². The lowest BCUT2D eigenvalue weighted by Gasteiger charge is -2.14. The summed E-state index contributed by atoms with van der Waals surface area (Å²) in [4.78, 5) is 12.0. The van der Waals surface area contributed by atoms with E-state index < -0.39 is 0 Å². The Morgan fingerprint density at radius 3 is 2.30 bits per heavy atom. The molecule has 0 fully saturated rings. The van der Waals surface area contributed by atoms with E-state index >= 15 is 0 Å². The molecule has 23 heavy (non-hydrogen) atoms. The van der Waals surface area contributed by atoms with Crippen LogP contribution < -0.4 is 5.32 Å². The van der Waals surface area contributed by atoms with Gasteiger partial charge in [-0.1, -0.05) is 54.9 Å². The average molecular weight is 348 g/mol.